The number of anilines is 1. The van der Waals surface area contributed by atoms with Crippen LogP contribution in [0.25, 0.3) is 0 Å². The number of nitrogens with two attached hydrogens (primary N) is 1. The summed E-state index contributed by atoms with van der Waals surface area (Å²) >= 11 is 0. The maximum Gasteiger partial charge on any atom is 0.225 e. The van der Waals surface area contributed by atoms with Crippen LogP contribution in [0.5, 0.6) is 0 Å². The zero-order valence-electron chi connectivity index (χ0n) is 13.0. The highest BCUT2D eigenvalue weighted by Gasteiger charge is 2.19. The van der Waals surface area contributed by atoms with Crippen molar-refractivity contribution in [3.05, 3.63) is 36.7 Å². The van der Waals surface area contributed by atoms with Crippen molar-refractivity contribution < 1.29 is 0 Å². The molecule has 0 atom stereocenters. The third-order valence-electron chi connectivity index (χ3n) is 3.76. The molecular formula is C14H21IN8. The molecule has 2 aromatic rings. The Morgan fingerprint density at radius 3 is 2.52 bits per heavy atom. The van der Waals surface area contributed by atoms with Gasteiger partial charge in [0.05, 0.1) is 24.8 Å². The Labute approximate surface area is 152 Å². The SMILES string of the molecule is Cn1cncc1CN=C(N)N1CCN(c2ncccn2)CC1.I. The summed E-state index contributed by atoms with van der Waals surface area (Å²) in [5, 5.41) is 0. The number of nitrogens with zero attached hydrogens (tertiary/aromatic N) is 7. The molecule has 124 valence electrons. The highest BCUT2D eigenvalue weighted by molar-refractivity contribution is 14.0. The minimum absolute atomic E-state index is 0. The van der Waals surface area contributed by atoms with Crippen molar-refractivity contribution in [3.63, 3.8) is 0 Å². The molecule has 0 aliphatic carbocycles. The molecule has 0 unspecified atom stereocenters. The second-order valence-corrected chi connectivity index (χ2v) is 5.19. The van der Waals surface area contributed by atoms with E-state index < -0.39 is 0 Å². The summed E-state index contributed by atoms with van der Waals surface area (Å²) in [6, 6.07) is 1.82. The lowest BCUT2D eigenvalue weighted by Gasteiger charge is -2.35. The highest BCUT2D eigenvalue weighted by Crippen LogP contribution is 2.09. The number of piperazine rings is 1. The van der Waals surface area contributed by atoms with E-state index in [2.05, 4.69) is 29.7 Å². The Bertz CT molecular complexity index is 633. The Balaban J connectivity index is 0.00000192. The third kappa shape index (κ3) is 4.30. The molecule has 1 saturated heterocycles. The monoisotopic (exact) mass is 428 g/mol. The molecule has 0 amide bonds. The highest BCUT2D eigenvalue weighted by atomic mass is 127. The van der Waals surface area contributed by atoms with Gasteiger partial charge < -0.3 is 20.1 Å². The van der Waals surface area contributed by atoms with E-state index in [1.807, 2.05) is 23.9 Å². The minimum atomic E-state index is 0. The Morgan fingerprint density at radius 2 is 1.91 bits per heavy atom. The van der Waals surface area contributed by atoms with Gasteiger partial charge in [0.2, 0.25) is 5.95 Å². The van der Waals surface area contributed by atoms with Gasteiger partial charge in [0.1, 0.15) is 0 Å². The lowest BCUT2D eigenvalue weighted by Crippen LogP contribution is -2.51. The van der Waals surface area contributed by atoms with Crippen LogP contribution in [0.4, 0.5) is 5.95 Å². The lowest BCUT2D eigenvalue weighted by atomic mass is 10.3. The number of guanidine groups is 1. The van der Waals surface area contributed by atoms with E-state index in [9.17, 15) is 0 Å². The van der Waals surface area contributed by atoms with Gasteiger partial charge >= 0.3 is 0 Å². The standard InChI is InChI=1S/C14H20N8.HI/c1-20-11-16-9-12(20)10-19-13(15)21-5-7-22(8-6-21)14-17-3-2-4-18-14;/h2-4,9,11H,5-8,10H2,1H3,(H2,15,19);1H. The Morgan fingerprint density at radius 1 is 1.22 bits per heavy atom. The van der Waals surface area contributed by atoms with Crippen molar-refractivity contribution in [2.45, 2.75) is 6.54 Å². The maximum absolute atomic E-state index is 6.10. The van der Waals surface area contributed by atoms with E-state index in [4.69, 9.17) is 5.73 Å². The predicted molar refractivity (Wildman–Crippen MR) is 99.8 cm³/mol. The summed E-state index contributed by atoms with van der Waals surface area (Å²) in [5.41, 5.74) is 7.14. The van der Waals surface area contributed by atoms with E-state index in [0.717, 1.165) is 37.8 Å². The molecule has 0 bridgehead atoms. The van der Waals surface area contributed by atoms with Gasteiger partial charge in [-0.3, -0.25) is 0 Å². The van der Waals surface area contributed by atoms with Gasteiger partial charge in [-0.15, -0.1) is 24.0 Å². The molecule has 0 spiro atoms. The first-order valence-electron chi connectivity index (χ1n) is 7.26. The number of halogens is 1. The number of aryl methyl sites for hydroxylation is 1. The summed E-state index contributed by atoms with van der Waals surface area (Å²) in [6.07, 6.45) is 7.10. The number of hydrogen-bond donors (Lipinski definition) is 1. The van der Waals surface area contributed by atoms with E-state index in [1.165, 1.54) is 0 Å². The molecule has 2 aromatic heterocycles. The molecule has 1 fully saturated rings. The first-order valence-corrected chi connectivity index (χ1v) is 7.26. The van der Waals surface area contributed by atoms with E-state index in [1.54, 1.807) is 18.7 Å². The van der Waals surface area contributed by atoms with Crippen LogP contribution in [-0.2, 0) is 13.6 Å². The van der Waals surface area contributed by atoms with Crippen LogP contribution in [0, 0.1) is 0 Å². The van der Waals surface area contributed by atoms with E-state index >= 15 is 0 Å². The number of imidazole rings is 1. The van der Waals surface area contributed by atoms with E-state index in [0.29, 0.717) is 12.5 Å². The summed E-state index contributed by atoms with van der Waals surface area (Å²) in [5.74, 6) is 1.35. The van der Waals surface area contributed by atoms with Crippen LogP contribution in [0.15, 0.2) is 36.0 Å². The van der Waals surface area contributed by atoms with Crippen LogP contribution in [0.1, 0.15) is 5.69 Å². The lowest BCUT2D eigenvalue weighted by molar-refractivity contribution is 0.378. The number of rotatable bonds is 3. The molecule has 3 heterocycles. The molecule has 23 heavy (non-hydrogen) atoms. The van der Waals surface area contributed by atoms with Crippen LogP contribution >= 0.6 is 24.0 Å². The average Bonchev–Trinajstić information content (AvgIpc) is 2.99. The van der Waals surface area contributed by atoms with Gasteiger partial charge in [-0.25, -0.2) is 19.9 Å². The van der Waals surface area contributed by atoms with Gasteiger partial charge in [0.25, 0.3) is 0 Å². The van der Waals surface area contributed by atoms with Crippen molar-refractivity contribution in [2.75, 3.05) is 31.1 Å². The zero-order chi connectivity index (χ0) is 15.4. The Hall–Kier alpha value is -1.91. The molecule has 0 aromatic carbocycles. The second kappa shape index (κ2) is 8.09. The fourth-order valence-electron chi connectivity index (χ4n) is 2.39. The minimum Gasteiger partial charge on any atom is -0.370 e. The van der Waals surface area contributed by atoms with Crippen molar-refractivity contribution in [1.82, 2.24) is 24.4 Å². The first kappa shape index (κ1) is 17.4. The van der Waals surface area contributed by atoms with Gasteiger partial charge in [0, 0.05) is 45.6 Å². The molecule has 8 nitrogen and oxygen atoms in total. The van der Waals surface area contributed by atoms with Crippen LogP contribution in [-0.4, -0.2) is 56.6 Å². The molecule has 1 aliphatic heterocycles. The number of hydrogen-bond acceptors (Lipinski definition) is 5. The molecular weight excluding hydrogens is 407 g/mol. The molecule has 1 aliphatic rings. The number of aromatic nitrogens is 4. The van der Waals surface area contributed by atoms with Gasteiger partial charge in [-0.2, -0.15) is 0 Å². The van der Waals surface area contributed by atoms with Crippen LogP contribution in [0.2, 0.25) is 0 Å². The largest absolute Gasteiger partial charge is 0.370 e. The summed E-state index contributed by atoms with van der Waals surface area (Å²) < 4.78 is 1.95. The fraction of sp³-hybridized carbons (Fsp3) is 0.429. The smallest absolute Gasteiger partial charge is 0.225 e. The van der Waals surface area contributed by atoms with Gasteiger partial charge in [-0.1, -0.05) is 0 Å². The van der Waals surface area contributed by atoms with Gasteiger partial charge in [-0.05, 0) is 6.07 Å². The quantitative estimate of drug-likeness (QED) is 0.435. The molecule has 0 saturated carbocycles. The van der Waals surface area contributed by atoms with E-state index in [-0.39, 0.29) is 24.0 Å². The van der Waals surface area contributed by atoms with Crippen LogP contribution < -0.4 is 10.6 Å². The summed E-state index contributed by atoms with van der Waals surface area (Å²) in [6.45, 7) is 3.86. The first-order chi connectivity index (χ1) is 10.7. The van der Waals surface area contributed by atoms with Crippen molar-refractivity contribution in [2.24, 2.45) is 17.8 Å². The topological polar surface area (TPSA) is 88.5 Å². The number of aliphatic imine (C=N–C) groups is 1. The molecule has 0 radical (unpaired) electrons. The third-order valence-corrected chi connectivity index (χ3v) is 3.76. The second-order valence-electron chi connectivity index (χ2n) is 5.19. The fourth-order valence-corrected chi connectivity index (χ4v) is 2.39. The normalized spacial score (nSPS) is 15.4. The Kier molecular flexibility index (Phi) is 6.13. The van der Waals surface area contributed by atoms with Crippen LogP contribution in [0.3, 0.4) is 0 Å². The molecule has 2 N–H and O–H groups in total. The summed E-state index contributed by atoms with van der Waals surface area (Å²) in [7, 11) is 1.95. The molecule has 9 heteroatoms. The van der Waals surface area contributed by atoms with Crippen molar-refractivity contribution in [3.8, 4) is 0 Å². The van der Waals surface area contributed by atoms with Crippen molar-refractivity contribution >= 4 is 35.9 Å². The van der Waals surface area contributed by atoms with Gasteiger partial charge in [0.15, 0.2) is 5.96 Å². The molecule has 3 rings (SSSR count). The summed E-state index contributed by atoms with van der Waals surface area (Å²) in [4.78, 5) is 21.3. The maximum atomic E-state index is 6.10. The average molecular weight is 428 g/mol. The van der Waals surface area contributed by atoms with Crippen molar-refractivity contribution in [1.29, 1.82) is 0 Å². The predicted octanol–water partition coefficient (Wildman–Crippen LogP) is 0.465. The zero-order valence-corrected chi connectivity index (χ0v) is 15.4.